The number of aryl methyl sites for hydroxylation is 1. The predicted molar refractivity (Wildman–Crippen MR) is 83.0 cm³/mol. The molecule has 1 atom stereocenters. The highest BCUT2D eigenvalue weighted by molar-refractivity contribution is 5.81. The van der Waals surface area contributed by atoms with Crippen molar-refractivity contribution in [1.82, 2.24) is 10.6 Å². The second-order valence-electron chi connectivity index (χ2n) is 5.23. The van der Waals surface area contributed by atoms with Crippen molar-refractivity contribution in [2.45, 2.75) is 19.6 Å². The van der Waals surface area contributed by atoms with E-state index in [0.717, 1.165) is 23.4 Å². The number of hydrogen-bond donors (Lipinski definition) is 2. The lowest BCUT2D eigenvalue weighted by atomic mass is 10.1. The molecule has 1 heterocycles. The predicted octanol–water partition coefficient (Wildman–Crippen LogP) is 0.625. The summed E-state index contributed by atoms with van der Waals surface area (Å²) in [4.78, 5) is 12.1. The van der Waals surface area contributed by atoms with Gasteiger partial charge in [-0.2, -0.15) is 0 Å². The van der Waals surface area contributed by atoms with Crippen LogP contribution in [0.15, 0.2) is 18.2 Å². The zero-order valence-electron chi connectivity index (χ0n) is 13.2. The van der Waals surface area contributed by atoms with Crippen molar-refractivity contribution in [3.8, 4) is 5.75 Å². The summed E-state index contributed by atoms with van der Waals surface area (Å²) in [6.07, 6.45) is -0.419. The molecule has 0 radical (unpaired) electrons. The van der Waals surface area contributed by atoms with Gasteiger partial charge in [0.25, 0.3) is 5.91 Å². The van der Waals surface area contributed by atoms with Crippen molar-refractivity contribution < 1.29 is 19.0 Å². The molecule has 6 nitrogen and oxygen atoms in total. The standard InChI is InChI=1S/C16H24N2O4/c1-12-3-4-13(14(9-12)22-8-7-20-2)10-18-16(19)15-11-17-5-6-21-15/h3-4,9,15,17H,5-8,10-11H2,1-2H3,(H,18,19). The van der Waals surface area contributed by atoms with Crippen LogP contribution in [-0.4, -0.2) is 52.0 Å². The molecule has 22 heavy (non-hydrogen) atoms. The summed E-state index contributed by atoms with van der Waals surface area (Å²) >= 11 is 0. The largest absolute Gasteiger partial charge is 0.491 e. The summed E-state index contributed by atoms with van der Waals surface area (Å²) in [6.45, 7) is 5.34. The van der Waals surface area contributed by atoms with Gasteiger partial charge in [-0.1, -0.05) is 12.1 Å². The first-order valence-electron chi connectivity index (χ1n) is 7.52. The van der Waals surface area contributed by atoms with Crippen LogP contribution in [0.3, 0.4) is 0 Å². The maximum atomic E-state index is 12.1. The Morgan fingerprint density at radius 1 is 1.45 bits per heavy atom. The summed E-state index contributed by atoms with van der Waals surface area (Å²) in [7, 11) is 1.64. The van der Waals surface area contributed by atoms with E-state index in [0.29, 0.717) is 32.9 Å². The molecule has 1 unspecified atom stereocenters. The van der Waals surface area contributed by atoms with Crippen LogP contribution in [0.25, 0.3) is 0 Å². The molecule has 6 heteroatoms. The first kappa shape index (κ1) is 16.7. The van der Waals surface area contributed by atoms with Gasteiger partial charge in [0.15, 0.2) is 0 Å². The Morgan fingerprint density at radius 2 is 2.32 bits per heavy atom. The molecule has 0 aromatic heterocycles. The van der Waals surface area contributed by atoms with E-state index in [1.165, 1.54) is 0 Å². The van der Waals surface area contributed by atoms with Crippen LogP contribution in [0, 0.1) is 6.92 Å². The van der Waals surface area contributed by atoms with Gasteiger partial charge in [-0.15, -0.1) is 0 Å². The Hall–Kier alpha value is -1.63. The van der Waals surface area contributed by atoms with E-state index >= 15 is 0 Å². The van der Waals surface area contributed by atoms with Gasteiger partial charge < -0.3 is 24.8 Å². The molecule has 2 N–H and O–H groups in total. The van der Waals surface area contributed by atoms with E-state index in [1.807, 2.05) is 25.1 Å². The minimum Gasteiger partial charge on any atom is -0.491 e. The van der Waals surface area contributed by atoms with Crippen molar-refractivity contribution in [2.75, 3.05) is 40.0 Å². The van der Waals surface area contributed by atoms with Crippen LogP contribution in [0.1, 0.15) is 11.1 Å². The molecule has 0 spiro atoms. The summed E-state index contributed by atoms with van der Waals surface area (Å²) in [6, 6.07) is 5.94. The lowest BCUT2D eigenvalue weighted by Gasteiger charge is -2.23. The van der Waals surface area contributed by atoms with Crippen LogP contribution in [-0.2, 0) is 20.8 Å². The lowest BCUT2D eigenvalue weighted by molar-refractivity contribution is -0.134. The lowest BCUT2D eigenvalue weighted by Crippen LogP contribution is -2.47. The van der Waals surface area contributed by atoms with Crippen LogP contribution in [0.5, 0.6) is 5.75 Å². The molecule has 0 aliphatic carbocycles. The first-order chi connectivity index (χ1) is 10.7. The molecule has 122 valence electrons. The fourth-order valence-corrected chi connectivity index (χ4v) is 2.21. The SMILES string of the molecule is COCCOc1cc(C)ccc1CNC(=O)C1CNCCO1. The monoisotopic (exact) mass is 308 g/mol. The van der Waals surface area contributed by atoms with Gasteiger partial charge in [0.05, 0.1) is 13.2 Å². The molecule has 0 saturated carbocycles. The number of hydrogen-bond acceptors (Lipinski definition) is 5. The smallest absolute Gasteiger partial charge is 0.250 e. The summed E-state index contributed by atoms with van der Waals surface area (Å²) < 4.78 is 16.1. The van der Waals surface area contributed by atoms with E-state index < -0.39 is 6.10 Å². The minimum atomic E-state index is -0.419. The van der Waals surface area contributed by atoms with Gasteiger partial charge in [0, 0.05) is 32.3 Å². The van der Waals surface area contributed by atoms with E-state index in [-0.39, 0.29) is 5.91 Å². The zero-order chi connectivity index (χ0) is 15.8. The number of rotatable bonds is 7. The van der Waals surface area contributed by atoms with Gasteiger partial charge in [-0.3, -0.25) is 4.79 Å². The number of nitrogens with one attached hydrogen (secondary N) is 2. The molecular weight excluding hydrogens is 284 g/mol. The van der Waals surface area contributed by atoms with Crippen LogP contribution in [0.2, 0.25) is 0 Å². The van der Waals surface area contributed by atoms with Crippen molar-refractivity contribution in [1.29, 1.82) is 0 Å². The molecule has 1 aromatic carbocycles. The molecule has 1 aliphatic heterocycles. The first-order valence-corrected chi connectivity index (χ1v) is 7.52. The molecule has 1 aromatic rings. The Balaban J connectivity index is 1.91. The summed E-state index contributed by atoms with van der Waals surface area (Å²) in [5, 5.41) is 6.05. The number of carbonyl (C=O) groups excluding carboxylic acids is 1. The molecular formula is C16H24N2O4. The fourth-order valence-electron chi connectivity index (χ4n) is 2.21. The van der Waals surface area contributed by atoms with E-state index in [9.17, 15) is 4.79 Å². The highest BCUT2D eigenvalue weighted by Crippen LogP contribution is 2.20. The number of carbonyl (C=O) groups is 1. The van der Waals surface area contributed by atoms with Crippen LogP contribution < -0.4 is 15.4 Å². The van der Waals surface area contributed by atoms with Gasteiger partial charge in [-0.05, 0) is 18.6 Å². The molecule has 1 saturated heterocycles. The van der Waals surface area contributed by atoms with Gasteiger partial charge >= 0.3 is 0 Å². The highest BCUT2D eigenvalue weighted by atomic mass is 16.5. The number of amides is 1. The molecule has 2 rings (SSSR count). The summed E-state index contributed by atoms with van der Waals surface area (Å²) in [5.74, 6) is 0.677. The van der Waals surface area contributed by atoms with Gasteiger partial charge in [0.2, 0.25) is 0 Å². The molecule has 1 aliphatic rings. The van der Waals surface area contributed by atoms with Gasteiger partial charge in [0.1, 0.15) is 18.5 Å². The van der Waals surface area contributed by atoms with Crippen molar-refractivity contribution in [3.63, 3.8) is 0 Å². The number of methoxy groups -OCH3 is 1. The third-order valence-corrected chi connectivity index (χ3v) is 3.44. The molecule has 1 fully saturated rings. The van der Waals surface area contributed by atoms with Crippen molar-refractivity contribution >= 4 is 5.91 Å². The number of benzene rings is 1. The van der Waals surface area contributed by atoms with Crippen molar-refractivity contribution in [3.05, 3.63) is 29.3 Å². The molecule has 0 bridgehead atoms. The Labute approximate surface area is 131 Å². The molecule has 1 amide bonds. The third-order valence-electron chi connectivity index (χ3n) is 3.44. The maximum absolute atomic E-state index is 12.1. The normalized spacial score (nSPS) is 18.0. The van der Waals surface area contributed by atoms with E-state index in [1.54, 1.807) is 7.11 Å². The quantitative estimate of drug-likeness (QED) is 0.723. The van der Waals surface area contributed by atoms with Crippen LogP contribution in [0.4, 0.5) is 0 Å². The Morgan fingerprint density at radius 3 is 3.05 bits per heavy atom. The Kier molecular flexibility index (Phi) is 6.64. The Bertz CT molecular complexity index is 487. The average molecular weight is 308 g/mol. The van der Waals surface area contributed by atoms with Crippen LogP contribution >= 0.6 is 0 Å². The van der Waals surface area contributed by atoms with Crippen molar-refractivity contribution in [2.24, 2.45) is 0 Å². The summed E-state index contributed by atoms with van der Waals surface area (Å²) in [5.41, 5.74) is 2.06. The van der Waals surface area contributed by atoms with Gasteiger partial charge in [-0.25, -0.2) is 0 Å². The number of morpholine rings is 1. The fraction of sp³-hybridized carbons (Fsp3) is 0.562. The second kappa shape index (κ2) is 8.73. The van der Waals surface area contributed by atoms with E-state index in [2.05, 4.69) is 10.6 Å². The highest BCUT2D eigenvalue weighted by Gasteiger charge is 2.21. The topological polar surface area (TPSA) is 68.8 Å². The maximum Gasteiger partial charge on any atom is 0.250 e. The number of ether oxygens (including phenoxy) is 3. The third kappa shape index (κ3) is 4.98. The second-order valence-corrected chi connectivity index (χ2v) is 5.23. The average Bonchev–Trinajstić information content (AvgIpc) is 2.55. The van der Waals surface area contributed by atoms with E-state index in [4.69, 9.17) is 14.2 Å². The minimum absolute atomic E-state index is 0.101. The zero-order valence-corrected chi connectivity index (χ0v) is 13.2.